The lowest BCUT2D eigenvalue weighted by Gasteiger charge is -2.41. The van der Waals surface area contributed by atoms with Gasteiger partial charge in [-0.05, 0) is 25.7 Å². The second kappa shape index (κ2) is 3.94. The van der Waals surface area contributed by atoms with Gasteiger partial charge in [-0.2, -0.15) is 0 Å². The van der Waals surface area contributed by atoms with Gasteiger partial charge in [0, 0.05) is 12.1 Å². The Morgan fingerprint density at radius 3 is 2.38 bits per heavy atom. The lowest BCUT2D eigenvalue weighted by atomic mass is 9.78. The van der Waals surface area contributed by atoms with E-state index in [9.17, 15) is 8.42 Å². The molecule has 5 heteroatoms. The molecule has 0 saturated heterocycles. The molecule has 4 nitrogen and oxygen atoms in total. The molecule has 1 rings (SSSR count). The summed E-state index contributed by atoms with van der Waals surface area (Å²) in [6.45, 7) is 2.27. The largest absolute Gasteiger partial charge is 0.329 e. The fourth-order valence-electron chi connectivity index (χ4n) is 1.60. The highest BCUT2D eigenvalue weighted by molar-refractivity contribution is 7.89. The predicted molar refractivity (Wildman–Crippen MR) is 52.8 cm³/mol. The van der Waals surface area contributed by atoms with Gasteiger partial charge in [0.25, 0.3) is 0 Å². The van der Waals surface area contributed by atoms with Crippen molar-refractivity contribution >= 4 is 10.0 Å². The first kappa shape index (κ1) is 10.9. The molecule has 13 heavy (non-hydrogen) atoms. The van der Waals surface area contributed by atoms with Crippen molar-refractivity contribution in [1.29, 1.82) is 0 Å². The first-order valence-electron chi connectivity index (χ1n) is 4.75. The van der Waals surface area contributed by atoms with Crippen LogP contribution in [0, 0.1) is 0 Å². The van der Waals surface area contributed by atoms with Gasteiger partial charge in [-0.25, -0.2) is 13.1 Å². The second-order valence-corrected chi connectivity index (χ2v) is 5.60. The van der Waals surface area contributed by atoms with E-state index in [1.165, 1.54) is 0 Å². The summed E-state index contributed by atoms with van der Waals surface area (Å²) in [5.41, 5.74) is 5.23. The molecule has 0 aliphatic heterocycles. The first-order valence-corrected chi connectivity index (χ1v) is 6.40. The van der Waals surface area contributed by atoms with E-state index in [4.69, 9.17) is 5.73 Å². The predicted octanol–water partition coefficient (Wildman–Crippen LogP) is 0.197. The van der Waals surface area contributed by atoms with Gasteiger partial charge in [-0.1, -0.05) is 6.92 Å². The maximum absolute atomic E-state index is 11.4. The van der Waals surface area contributed by atoms with E-state index >= 15 is 0 Å². The van der Waals surface area contributed by atoms with Gasteiger partial charge in [-0.15, -0.1) is 0 Å². The fourth-order valence-corrected chi connectivity index (χ4v) is 3.19. The van der Waals surface area contributed by atoms with Gasteiger partial charge < -0.3 is 5.73 Å². The standard InChI is InChI=1S/C8H18N2O2S/c1-2-6-13(11,12)10-8(7-9)4-3-5-8/h10H,2-7,9H2,1H3. The molecule has 0 heterocycles. The van der Waals surface area contributed by atoms with Crippen LogP contribution in [0.1, 0.15) is 32.6 Å². The van der Waals surface area contributed by atoms with E-state index in [1.54, 1.807) is 0 Å². The van der Waals surface area contributed by atoms with Crippen molar-refractivity contribution in [2.75, 3.05) is 12.3 Å². The minimum Gasteiger partial charge on any atom is -0.329 e. The molecule has 0 atom stereocenters. The SMILES string of the molecule is CCCS(=O)(=O)NC1(CN)CCC1. The molecule has 0 aromatic rings. The number of rotatable bonds is 5. The summed E-state index contributed by atoms with van der Waals surface area (Å²) in [6, 6.07) is 0. The second-order valence-electron chi connectivity index (χ2n) is 3.76. The number of nitrogens with two attached hydrogens (primary N) is 1. The monoisotopic (exact) mass is 206 g/mol. The summed E-state index contributed by atoms with van der Waals surface area (Å²) in [4.78, 5) is 0. The lowest BCUT2D eigenvalue weighted by Crippen LogP contribution is -2.58. The smallest absolute Gasteiger partial charge is 0.212 e. The van der Waals surface area contributed by atoms with Crippen LogP contribution in [0.3, 0.4) is 0 Å². The molecule has 0 aromatic carbocycles. The van der Waals surface area contributed by atoms with Gasteiger partial charge in [0.15, 0.2) is 0 Å². The topological polar surface area (TPSA) is 72.2 Å². The maximum atomic E-state index is 11.4. The molecule has 1 aliphatic carbocycles. The van der Waals surface area contributed by atoms with Crippen LogP contribution in [-0.4, -0.2) is 26.3 Å². The van der Waals surface area contributed by atoms with Crippen molar-refractivity contribution in [3.05, 3.63) is 0 Å². The van der Waals surface area contributed by atoms with Gasteiger partial charge in [0.2, 0.25) is 10.0 Å². The van der Waals surface area contributed by atoms with Crippen molar-refractivity contribution in [3.8, 4) is 0 Å². The van der Waals surface area contributed by atoms with Crippen LogP contribution >= 0.6 is 0 Å². The molecule has 0 amide bonds. The zero-order valence-corrected chi connectivity index (χ0v) is 8.86. The molecule has 0 radical (unpaired) electrons. The highest BCUT2D eigenvalue weighted by Gasteiger charge is 2.38. The van der Waals surface area contributed by atoms with Crippen LogP contribution in [0.5, 0.6) is 0 Å². The van der Waals surface area contributed by atoms with E-state index in [-0.39, 0.29) is 11.3 Å². The number of sulfonamides is 1. The first-order chi connectivity index (χ1) is 6.04. The van der Waals surface area contributed by atoms with Crippen LogP contribution in [0.25, 0.3) is 0 Å². The Bertz CT molecular complexity index is 252. The minimum atomic E-state index is -3.09. The number of hydrogen-bond acceptors (Lipinski definition) is 3. The average molecular weight is 206 g/mol. The number of hydrogen-bond donors (Lipinski definition) is 2. The molecule has 78 valence electrons. The maximum Gasteiger partial charge on any atom is 0.212 e. The molecule has 0 aromatic heterocycles. The van der Waals surface area contributed by atoms with Crippen LogP contribution in [0.4, 0.5) is 0 Å². The molecular weight excluding hydrogens is 188 g/mol. The molecule has 0 unspecified atom stereocenters. The van der Waals surface area contributed by atoms with Gasteiger partial charge >= 0.3 is 0 Å². The quantitative estimate of drug-likeness (QED) is 0.675. The van der Waals surface area contributed by atoms with E-state index in [2.05, 4.69) is 4.72 Å². The van der Waals surface area contributed by atoms with Crippen molar-refractivity contribution in [1.82, 2.24) is 4.72 Å². The highest BCUT2D eigenvalue weighted by atomic mass is 32.2. The summed E-state index contributed by atoms with van der Waals surface area (Å²) >= 11 is 0. The summed E-state index contributed by atoms with van der Waals surface area (Å²) < 4.78 is 25.6. The summed E-state index contributed by atoms with van der Waals surface area (Å²) in [6.07, 6.45) is 3.49. The zero-order chi connectivity index (χ0) is 9.95. The summed E-state index contributed by atoms with van der Waals surface area (Å²) in [7, 11) is -3.09. The van der Waals surface area contributed by atoms with E-state index in [0.29, 0.717) is 13.0 Å². The molecule has 1 saturated carbocycles. The molecule has 3 N–H and O–H groups in total. The van der Waals surface area contributed by atoms with Crippen LogP contribution in [0.2, 0.25) is 0 Å². The Morgan fingerprint density at radius 2 is 2.08 bits per heavy atom. The van der Waals surface area contributed by atoms with Crippen molar-refractivity contribution in [2.45, 2.75) is 38.1 Å². The Kier molecular flexibility index (Phi) is 3.32. The highest BCUT2D eigenvalue weighted by Crippen LogP contribution is 2.31. The molecule has 1 fully saturated rings. The van der Waals surface area contributed by atoms with Crippen molar-refractivity contribution in [3.63, 3.8) is 0 Å². The minimum absolute atomic E-state index is 0.203. The molecule has 0 bridgehead atoms. The van der Waals surface area contributed by atoms with Gasteiger partial charge in [0.05, 0.1) is 5.75 Å². The lowest BCUT2D eigenvalue weighted by molar-refractivity contribution is 0.230. The van der Waals surface area contributed by atoms with E-state index in [0.717, 1.165) is 19.3 Å². The summed E-state index contributed by atoms with van der Waals surface area (Å²) in [5, 5.41) is 0. The van der Waals surface area contributed by atoms with Crippen molar-refractivity contribution < 1.29 is 8.42 Å². The third-order valence-corrected chi connectivity index (χ3v) is 4.24. The van der Waals surface area contributed by atoms with Crippen LogP contribution in [0.15, 0.2) is 0 Å². The van der Waals surface area contributed by atoms with Gasteiger partial charge in [0.1, 0.15) is 0 Å². The van der Waals surface area contributed by atoms with E-state index < -0.39 is 10.0 Å². The van der Waals surface area contributed by atoms with Gasteiger partial charge in [-0.3, -0.25) is 0 Å². The molecule has 1 aliphatic rings. The van der Waals surface area contributed by atoms with Crippen molar-refractivity contribution in [2.24, 2.45) is 5.73 Å². The zero-order valence-electron chi connectivity index (χ0n) is 8.04. The normalized spacial score (nSPS) is 21.1. The van der Waals surface area contributed by atoms with Crippen LogP contribution in [-0.2, 0) is 10.0 Å². The molecule has 0 spiro atoms. The van der Waals surface area contributed by atoms with Crippen LogP contribution < -0.4 is 10.5 Å². The Morgan fingerprint density at radius 1 is 1.46 bits per heavy atom. The Balaban J connectivity index is 2.56. The number of nitrogens with one attached hydrogen (secondary N) is 1. The Hall–Kier alpha value is -0.130. The average Bonchev–Trinajstić information content (AvgIpc) is 1.97. The van der Waals surface area contributed by atoms with E-state index in [1.807, 2.05) is 6.92 Å². The third kappa shape index (κ3) is 2.65. The molecular formula is C8H18N2O2S. The Labute approximate surface area is 79.9 Å². The fraction of sp³-hybridized carbons (Fsp3) is 1.00. The third-order valence-electron chi connectivity index (χ3n) is 2.55. The summed E-state index contributed by atoms with van der Waals surface area (Å²) in [5.74, 6) is 0.203.